The number of rotatable bonds is 5. The molecule has 4 heteroatoms. The van der Waals surface area contributed by atoms with Crippen LogP contribution in [0.2, 0.25) is 0 Å². The second-order valence-electron chi connectivity index (χ2n) is 7.15. The van der Waals surface area contributed by atoms with E-state index in [1.165, 1.54) is 12.8 Å². The molecule has 0 heterocycles. The Kier molecular flexibility index (Phi) is 6.03. The molecule has 0 radical (unpaired) electrons. The van der Waals surface area contributed by atoms with Crippen molar-refractivity contribution in [3.63, 3.8) is 0 Å². The van der Waals surface area contributed by atoms with Gasteiger partial charge < -0.3 is 10.4 Å². The maximum Gasteiger partial charge on any atom is 0.316 e. The fourth-order valence-corrected chi connectivity index (χ4v) is 3.16. The summed E-state index contributed by atoms with van der Waals surface area (Å²) in [6.45, 7) is 7.59. The lowest BCUT2D eigenvalue weighted by Crippen LogP contribution is -2.47. The Labute approximate surface area is 122 Å². The number of carbonyl (C=O) groups excluding carboxylic acids is 1. The van der Waals surface area contributed by atoms with Crippen LogP contribution in [0.3, 0.4) is 0 Å². The predicted octanol–water partition coefficient (Wildman–Crippen LogP) is 3.21. The molecule has 0 aromatic rings. The van der Waals surface area contributed by atoms with Gasteiger partial charge >= 0.3 is 5.97 Å². The molecule has 0 spiro atoms. The van der Waals surface area contributed by atoms with Crippen LogP contribution in [0.1, 0.15) is 66.2 Å². The summed E-state index contributed by atoms with van der Waals surface area (Å²) in [5.74, 6) is -1.56. The van der Waals surface area contributed by atoms with Crippen LogP contribution in [-0.2, 0) is 9.59 Å². The second kappa shape index (κ2) is 7.09. The number of aliphatic carboxylic acids is 1. The molecule has 2 N–H and O–H groups in total. The number of carboxylic acid groups (broad SMARTS) is 1. The van der Waals surface area contributed by atoms with Gasteiger partial charge in [-0.25, -0.2) is 0 Å². The highest BCUT2D eigenvalue weighted by Crippen LogP contribution is 2.30. The van der Waals surface area contributed by atoms with Crippen molar-refractivity contribution >= 4 is 11.9 Å². The molecule has 1 unspecified atom stereocenters. The van der Waals surface area contributed by atoms with E-state index in [9.17, 15) is 14.7 Å². The average Bonchev–Trinajstić information content (AvgIpc) is 2.29. The lowest BCUT2D eigenvalue weighted by atomic mass is 9.79. The number of carbonyl (C=O) groups is 2. The maximum absolute atomic E-state index is 12.2. The first-order valence-corrected chi connectivity index (χ1v) is 7.78. The molecule has 1 fully saturated rings. The Morgan fingerprint density at radius 3 is 2.15 bits per heavy atom. The van der Waals surface area contributed by atoms with Gasteiger partial charge in [0.1, 0.15) is 5.92 Å². The van der Waals surface area contributed by atoms with E-state index in [0.29, 0.717) is 0 Å². The van der Waals surface area contributed by atoms with Crippen LogP contribution in [0, 0.1) is 17.3 Å². The second-order valence-corrected chi connectivity index (χ2v) is 7.15. The van der Waals surface area contributed by atoms with E-state index < -0.39 is 17.3 Å². The van der Waals surface area contributed by atoms with E-state index >= 15 is 0 Å². The molecule has 0 aromatic heterocycles. The van der Waals surface area contributed by atoms with Crippen LogP contribution in [0.4, 0.5) is 0 Å². The molecule has 1 amide bonds. The maximum atomic E-state index is 12.2. The first kappa shape index (κ1) is 17.0. The third-order valence-electron chi connectivity index (χ3n) is 4.27. The van der Waals surface area contributed by atoms with Crippen molar-refractivity contribution in [2.24, 2.45) is 17.3 Å². The number of hydrogen-bond acceptors (Lipinski definition) is 2. The van der Waals surface area contributed by atoms with Crippen LogP contribution in [0.5, 0.6) is 0 Å². The third kappa shape index (κ3) is 4.80. The minimum Gasteiger partial charge on any atom is -0.481 e. The van der Waals surface area contributed by atoms with Crippen molar-refractivity contribution in [2.75, 3.05) is 0 Å². The molecule has 1 saturated carbocycles. The summed E-state index contributed by atoms with van der Waals surface area (Å²) in [4.78, 5) is 23.5. The van der Waals surface area contributed by atoms with Gasteiger partial charge in [-0.1, -0.05) is 40.5 Å². The molecule has 1 aliphatic rings. The monoisotopic (exact) mass is 283 g/mol. The van der Waals surface area contributed by atoms with Gasteiger partial charge in [0, 0.05) is 6.04 Å². The molecule has 0 aromatic carbocycles. The normalized spacial score (nSPS) is 25.0. The molecule has 1 rings (SSSR count). The molecule has 116 valence electrons. The Morgan fingerprint density at radius 1 is 1.20 bits per heavy atom. The largest absolute Gasteiger partial charge is 0.481 e. The number of carboxylic acids is 1. The van der Waals surface area contributed by atoms with Gasteiger partial charge in [0.05, 0.1) is 0 Å². The standard InChI is InChI=1S/C16H29NO3/c1-5-6-11-7-9-12(10-8-11)17-14(18)13(15(19)20)16(2,3)4/h11-13H,5-10H2,1-4H3,(H,17,18)(H,19,20). The van der Waals surface area contributed by atoms with Gasteiger partial charge in [0.2, 0.25) is 5.91 Å². The van der Waals surface area contributed by atoms with Crippen molar-refractivity contribution in [3.05, 3.63) is 0 Å². The minimum atomic E-state index is -1.03. The Morgan fingerprint density at radius 2 is 1.75 bits per heavy atom. The van der Waals surface area contributed by atoms with Crippen LogP contribution in [0.25, 0.3) is 0 Å². The van der Waals surface area contributed by atoms with Gasteiger partial charge in [0.15, 0.2) is 0 Å². The Balaban J connectivity index is 2.52. The minimum absolute atomic E-state index is 0.153. The van der Waals surface area contributed by atoms with E-state index in [0.717, 1.165) is 31.6 Å². The third-order valence-corrected chi connectivity index (χ3v) is 4.27. The summed E-state index contributed by atoms with van der Waals surface area (Å²) in [5, 5.41) is 12.2. The Bertz CT molecular complexity index is 338. The lowest BCUT2D eigenvalue weighted by molar-refractivity contribution is -0.151. The van der Waals surface area contributed by atoms with Crippen LogP contribution in [0.15, 0.2) is 0 Å². The SMILES string of the molecule is CCCC1CCC(NC(=O)C(C(=O)O)C(C)(C)C)CC1. The number of nitrogens with one attached hydrogen (secondary N) is 1. The molecule has 1 atom stereocenters. The lowest BCUT2D eigenvalue weighted by Gasteiger charge is -2.32. The van der Waals surface area contributed by atoms with Gasteiger partial charge in [-0.2, -0.15) is 0 Å². The molecule has 0 bridgehead atoms. The van der Waals surface area contributed by atoms with Crippen molar-refractivity contribution in [2.45, 2.75) is 72.3 Å². The fourth-order valence-electron chi connectivity index (χ4n) is 3.16. The van der Waals surface area contributed by atoms with Gasteiger partial charge in [-0.05, 0) is 37.0 Å². The zero-order valence-electron chi connectivity index (χ0n) is 13.2. The van der Waals surface area contributed by atoms with Gasteiger partial charge in [0.25, 0.3) is 0 Å². The van der Waals surface area contributed by atoms with Crippen molar-refractivity contribution in [3.8, 4) is 0 Å². The van der Waals surface area contributed by atoms with E-state index in [4.69, 9.17) is 0 Å². The summed E-state index contributed by atoms with van der Waals surface area (Å²) >= 11 is 0. The molecular formula is C16H29NO3. The highest BCUT2D eigenvalue weighted by molar-refractivity contribution is 5.97. The van der Waals surface area contributed by atoms with Gasteiger partial charge in [-0.15, -0.1) is 0 Å². The smallest absolute Gasteiger partial charge is 0.316 e. The van der Waals surface area contributed by atoms with Crippen molar-refractivity contribution < 1.29 is 14.7 Å². The number of hydrogen-bond donors (Lipinski definition) is 2. The average molecular weight is 283 g/mol. The molecule has 0 aliphatic heterocycles. The first-order valence-electron chi connectivity index (χ1n) is 7.78. The Hall–Kier alpha value is -1.06. The van der Waals surface area contributed by atoms with Crippen LogP contribution in [-0.4, -0.2) is 23.0 Å². The fraction of sp³-hybridized carbons (Fsp3) is 0.875. The summed E-state index contributed by atoms with van der Waals surface area (Å²) in [6.07, 6.45) is 6.73. The van der Waals surface area contributed by atoms with E-state index in [2.05, 4.69) is 12.2 Å². The summed E-state index contributed by atoms with van der Waals surface area (Å²) < 4.78 is 0. The summed E-state index contributed by atoms with van der Waals surface area (Å²) in [5.41, 5.74) is -0.560. The van der Waals surface area contributed by atoms with Crippen molar-refractivity contribution in [1.82, 2.24) is 5.32 Å². The summed E-state index contributed by atoms with van der Waals surface area (Å²) in [7, 11) is 0. The molecule has 4 nitrogen and oxygen atoms in total. The highest BCUT2D eigenvalue weighted by Gasteiger charge is 2.38. The van der Waals surface area contributed by atoms with E-state index in [1.54, 1.807) is 20.8 Å². The van der Waals surface area contributed by atoms with Crippen LogP contribution < -0.4 is 5.32 Å². The first-order chi connectivity index (χ1) is 9.25. The van der Waals surface area contributed by atoms with E-state index in [-0.39, 0.29) is 11.9 Å². The molecule has 0 saturated heterocycles. The zero-order valence-corrected chi connectivity index (χ0v) is 13.2. The summed E-state index contributed by atoms with van der Waals surface area (Å²) in [6, 6.07) is 0.153. The number of amides is 1. The van der Waals surface area contributed by atoms with Crippen molar-refractivity contribution in [1.29, 1.82) is 0 Å². The topological polar surface area (TPSA) is 66.4 Å². The highest BCUT2D eigenvalue weighted by atomic mass is 16.4. The molecule has 1 aliphatic carbocycles. The van der Waals surface area contributed by atoms with Crippen LogP contribution >= 0.6 is 0 Å². The quantitative estimate of drug-likeness (QED) is 0.761. The zero-order chi connectivity index (χ0) is 15.3. The molecule has 20 heavy (non-hydrogen) atoms. The van der Waals surface area contributed by atoms with Gasteiger partial charge in [-0.3, -0.25) is 9.59 Å². The van der Waals surface area contributed by atoms with E-state index in [1.807, 2.05) is 0 Å². The molecular weight excluding hydrogens is 254 g/mol. The predicted molar refractivity (Wildman–Crippen MR) is 79.4 cm³/mol.